The van der Waals surface area contributed by atoms with Gasteiger partial charge in [-0.15, -0.1) is 0 Å². The minimum atomic E-state index is -0.506. The van der Waals surface area contributed by atoms with E-state index in [1.165, 1.54) is 11.3 Å². The molecule has 0 atom stereocenters. The lowest BCUT2D eigenvalue weighted by atomic mass is 10.2. The van der Waals surface area contributed by atoms with E-state index in [1.807, 2.05) is 0 Å². The van der Waals surface area contributed by atoms with Crippen LogP contribution in [0.4, 0.5) is 5.69 Å². The number of hydrogen-bond acceptors (Lipinski definition) is 6. The Labute approximate surface area is 162 Å². The molecule has 7 heteroatoms. The van der Waals surface area contributed by atoms with Crippen molar-refractivity contribution in [3.05, 3.63) is 58.6 Å². The Morgan fingerprint density at radius 2 is 1.86 bits per heavy atom. The molecule has 146 valence electrons. The average molecular weight is 381 g/mol. The van der Waals surface area contributed by atoms with Crippen molar-refractivity contribution in [3.63, 3.8) is 0 Å². The van der Waals surface area contributed by atoms with Crippen LogP contribution >= 0.6 is 0 Å². The molecule has 0 amide bonds. The van der Waals surface area contributed by atoms with Crippen LogP contribution in [0.25, 0.3) is 11.1 Å². The molecule has 3 aromatic rings. The SMILES string of the molecule is Cc1ccc(N2CCN(CC(=O)COc3ccc4[nH]c(=O)oc4c3)CC2)cc1. The molecule has 0 radical (unpaired) electrons. The molecule has 7 nitrogen and oxygen atoms in total. The zero-order chi connectivity index (χ0) is 19.5. The summed E-state index contributed by atoms with van der Waals surface area (Å²) in [7, 11) is 0. The maximum atomic E-state index is 12.3. The number of ketones is 1. The van der Waals surface area contributed by atoms with Crippen LogP contribution in [-0.2, 0) is 4.79 Å². The summed E-state index contributed by atoms with van der Waals surface area (Å²) in [4.78, 5) is 30.5. The van der Waals surface area contributed by atoms with Crippen LogP contribution in [0, 0.1) is 6.92 Å². The molecule has 1 aliphatic rings. The second kappa shape index (κ2) is 7.90. The van der Waals surface area contributed by atoms with Crippen LogP contribution in [0.1, 0.15) is 5.56 Å². The van der Waals surface area contributed by atoms with Crippen LogP contribution in [0.15, 0.2) is 51.7 Å². The summed E-state index contributed by atoms with van der Waals surface area (Å²) < 4.78 is 10.6. The Morgan fingerprint density at radius 3 is 2.61 bits per heavy atom. The predicted octanol–water partition coefficient (Wildman–Crippen LogP) is 2.20. The molecular weight excluding hydrogens is 358 g/mol. The van der Waals surface area contributed by atoms with E-state index in [9.17, 15) is 9.59 Å². The number of fused-ring (bicyclic) bond motifs is 1. The standard InChI is InChI=1S/C21H23N3O4/c1-15-2-4-16(5-3-15)24-10-8-23(9-11-24)13-17(25)14-27-18-6-7-19-20(12-18)28-21(26)22-19/h2-7,12H,8-11,13-14H2,1H3,(H,22,26). The molecular formula is C21H23N3O4. The summed E-state index contributed by atoms with van der Waals surface area (Å²) in [5.41, 5.74) is 3.51. The Bertz CT molecular complexity index is 1010. The van der Waals surface area contributed by atoms with Gasteiger partial charge < -0.3 is 14.1 Å². The topological polar surface area (TPSA) is 78.8 Å². The average Bonchev–Trinajstić information content (AvgIpc) is 3.07. The molecule has 0 saturated carbocycles. The molecule has 2 heterocycles. The van der Waals surface area contributed by atoms with E-state index >= 15 is 0 Å². The van der Waals surface area contributed by atoms with Crippen LogP contribution < -0.4 is 15.4 Å². The van der Waals surface area contributed by atoms with Crippen LogP contribution in [0.3, 0.4) is 0 Å². The van der Waals surface area contributed by atoms with Crippen molar-refractivity contribution < 1.29 is 13.9 Å². The fourth-order valence-corrected chi connectivity index (χ4v) is 3.39. The predicted molar refractivity (Wildman–Crippen MR) is 107 cm³/mol. The number of nitrogens with zero attached hydrogens (tertiary/aromatic N) is 2. The third kappa shape index (κ3) is 4.26. The number of carbonyl (C=O) groups excluding carboxylic acids is 1. The number of H-pyrrole nitrogens is 1. The molecule has 0 bridgehead atoms. The van der Waals surface area contributed by atoms with E-state index in [0.29, 0.717) is 23.4 Å². The monoisotopic (exact) mass is 381 g/mol. The molecule has 0 spiro atoms. The van der Waals surface area contributed by atoms with Crippen molar-refractivity contribution in [3.8, 4) is 5.75 Å². The van der Waals surface area contributed by atoms with Crippen molar-refractivity contribution >= 4 is 22.6 Å². The van der Waals surface area contributed by atoms with E-state index in [4.69, 9.17) is 9.15 Å². The highest BCUT2D eigenvalue weighted by Crippen LogP contribution is 2.19. The number of nitrogens with one attached hydrogen (secondary N) is 1. The Kier molecular flexibility index (Phi) is 5.16. The van der Waals surface area contributed by atoms with Crippen molar-refractivity contribution in [2.45, 2.75) is 6.92 Å². The van der Waals surface area contributed by atoms with Crippen molar-refractivity contribution in [2.24, 2.45) is 0 Å². The van der Waals surface area contributed by atoms with Gasteiger partial charge in [0.15, 0.2) is 11.4 Å². The number of ether oxygens (including phenoxy) is 1. The lowest BCUT2D eigenvalue weighted by Crippen LogP contribution is -2.48. The van der Waals surface area contributed by atoms with E-state index < -0.39 is 5.76 Å². The number of rotatable bonds is 6. The third-order valence-corrected chi connectivity index (χ3v) is 4.96. The first-order valence-electron chi connectivity index (χ1n) is 9.38. The van der Waals surface area contributed by atoms with Gasteiger partial charge in [0.2, 0.25) is 0 Å². The second-order valence-corrected chi connectivity index (χ2v) is 7.10. The van der Waals surface area contributed by atoms with Crippen LogP contribution in [-0.4, -0.2) is 55.0 Å². The normalized spacial score (nSPS) is 15.1. The van der Waals surface area contributed by atoms with Gasteiger partial charge in [0.05, 0.1) is 12.1 Å². The van der Waals surface area contributed by atoms with Gasteiger partial charge in [-0.05, 0) is 31.2 Å². The zero-order valence-corrected chi connectivity index (χ0v) is 15.8. The number of carbonyl (C=O) groups is 1. The Morgan fingerprint density at radius 1 is 1.11 bits per heavy atom. The number of piperazine rings is 1. The highest BCUT2D eigenvalue weighted by atomic mass is 16.5. The summed E-state index contributed by atoms with van der Waals surface area (Å²) >= 11 is 0. The highest BCUT2D eigenvalue weighted by molar-refractivity contribution is 5.82. The molecule has 1 N–H and O–H groups in total. The number of benzene rings is 2. The van der Waals surface area contributed by atoms with Gasteiger partial charge in [-0.1, -0.05) is 17.7 Å². The minimum absolute atomic E-state index is 0.00165. The van der Waals surface area contributed by atoms with Gasteiger partial charge in [-0.2, -0.15) is 0 Å². The van der Waals surface area contributed by atoms with E-state index in [2.05, 4.69) is 46.0 Å². The van der Waals surface area contributed by atoms with Gasteiger partial charge in [-0.3, -0.25) is 14.7 Å². The Balaban J connectivity index is 1.25. The minimum Gasteiger partial charge on any atom is -0.486 e. The largest absolute Gasteiger partial charge is 0.486 e. The molecule has 28 heavy (non-hydrogen) atoms. The number of Topliss-reactive ketones (excluding diaryl/α,β-unsaturated/α-hetero) is 1. The van der Waals surface area contributed by atoms with E-state index in [1.54, 1.807) is 18.2 Å². The smallest absolute Gasteiger partial charge is 0.417 e. The van der Waals surface area contributed by atoms with Crippen molar-refractivity contribution in [1.29, 1.82) is 0 Å². The van der Waals surface area contributed by atoms with E-state index in [-0.39, 0.29) is 12.4 Å². The van der Waals surface area contributed by atoms with Crippen molar-refractivity contribution in [1.82, 2.24) is 9.88 Å². The van der Waals surface area contributed by atoms with Gasteiger partial charge in [0.25, 0.3) is 0 Å². The molecule has 0 aliphatic carbocycles. The van der Waals surface area contributed by atoms with E-state index in [0.717, 1.165) is 26.2 Å². The van der Waals surface area contributed by atoms with Crippen molar-refractivity contribution in [2.75, 3.05) is 44.2 Å². The molecule has 1 saturated heterocycles. The maximum absolute atomic E-state index is 12.3. The van der Waals surface area contributed by atoms with Gasteiger partial charge in [0, 0.05) is 37.9 Å². The van der Waals surface area contributed by atoms with Gasteiger partial charge in [-0.25, -0.2) is 4.79 Å². The van der Waals surface area contributed by atoms with Gasteiger partial charge in [0.1, 0.15) is 12.4 Å². The molecule has 2 aromatic carbocycles. The molecule has 1 fully saturated rings. The molecule has 0 unspecified atom stereocenters. The molecule has 1 aliphatic heterocycles. The first-order valence-corrected chi connectivity index (χ1v) is 9.38. The number of aryl methyl sites for hydroxylation is 1. The molecule has 4 rings (SSSR count). The Hall–Kier alpha value is -3.06. The summed E-state index contributed by atoms with van der Waals surface area (Å²) in [5, 5.41) is 0. The lowest BCUT2D eigenvalue weighted by molar-refractivity contribution is -0.122. The summed E-state index contributed by atoms with van der Waals surface area (Å²) in [5.74, 6) is 0.0280. The lowest BCUT2D eigenvalue weighted by Gasteiger charge is -2.35. The number of hydrogen-bond donors (Lipinski definition) is 1. The summed E-state index contributed by atoms with van der Waals surface area (Å²) in [6, 6.07) is 13.6. The number of anilines is 1. The summed E-state index contributed by atoms with van der Waals surface area (Å²) in [6.45, 7) is 5.96. The summed E-state index contributed by atoms with van der Waals surface area (Å²) in [6.07, 6.45) is 0. The molecule has 1 aromatic heterocycles. The second-order valence-electron chi connectivity index (χ2n) is 7.10. The highest BCUT2D eigenvalue weighted by Gasteiger charge is 2.19. The van der Waals surface area contributed by atoms with Crippen LogP contribution in [0.5, 0.6) is 5.75 Å². The van der Waals surface area contributed by atoms with Crippen LogP contribution in [0.2, 0.25) is 0 Å². The first kappa shape index (κ1) is 18.3. The first-order chi connectivity index (χ1) is 13.6. The third-order valence-electron chi connectivity index (χ3n) is 4.96. The quantitative estimate of drug-likeness (QED) is 0.705. The number of oxazole rings is 1. The fraction of sp³-hybridized carbons (Fsp3) is 0.333. The maximum Gasteiger partial charge on any atom is 0.417 e. The number of aromatic nitrogens is 1. The zero-order valence-electron chi connectivity index (χ0n) is 15.8. The number of aromatic amines is 1. The van der Waals surface area contributed by atoms with Gasteiger partial charge >= 0.3 is 5.76 Å². The fourth-order valence-electron chi connectivity index (χ4n) is 3.39.